The molecule has 3 rings (SSSR count). The summed E-state index contributed by atoms with van der Waals surface area (Å²) in [6.45, 7) is 3.61. The molecular weight excluding hydrogens is 493 g/mol. The average molecular weight is 510 g/mol. The number of carbonyl (C=O) groups is 2. The SMILES string of the molecule is CNC(=O)c1cc(I)cc(C)c1NC(=O)c1cc(C)nn1-c1ncccc1Cl. The standard InChI is InChI=1S/C19H17ClIN5O2/c1-10-7-12(21)9-13(18(27)22-3)16(10)24-19(28)15-8-11(2)25-26(15)17-14(20)5-4-6-23-17/h4-9H,1-3H3,(H,22,27)(H,24,28). The van der Waals surface area contributed by atoms with E-state index in [1.807, 2.05) is 13.0 Å². The van der Waals surface area contributed by atoms with E-state index < -0.39 is 5.91 Å². The molecule has 0 unspecified atom stereocenters. The van der Waals surface area contributed by atoms with Crippen LogP contribution < -0.4 is 10.6 Å². The maximum absolute atomic E-state index is 13.1. The monoisotopic (exact) mass is 509 g/mol. The third kappa shape index (κ3) is 4.02. The molecule has 9 heteroatoms. The maximum Gasteiger partial charge on any atom is 0.274 e. The minimum absolute atomic E-state index is 0.263. The molecule has 0 saturated heterocycles. The highest BCUT2D eigenvalue weighted by Gasteiger charge is 2.21. The fourth-order valence-electron chi connectivity index (χ4n) is 2.76. The first kappa shape index (κ1) is 20.3. The number of halogens is 2. The van der Waals surface area contributed by atoms with Crippen molar-refractivity contribution < 1.29 is 9.59 Å². The second-order valence-corrected chi connectivity index (χ2v) is 7.72. The van der Waals surface area contributed by atoms with Crippen LogP contribution in [-0.4, -0.2) is 33.6 Å². The molecule has 0 aliphatic carbocycles. The summed E-state index contributed by atoms with van der Waals surface area (Å²) in [7, 11) is 1.55. The Morgan fingerprint density at radius 1 is 1.18 bits per heavy atom. The van der Waals surface area contributed by atoms with Gasteiger partial charge in [0.15, 0.2) is 5.82 Å². The molecule has 0 atom stereocenters. The number of nitrogens with one attached hydrogen (secondary N) is 2. The first-order valence-electron chi connectivity index (χ1n) is 8.33. The van der Waals surface area contributed by atoms with Crippen LogP contribution in [0.25, 0.3) is 5.82 Å². The number of pyridine rings is 1. The van der Waals surface area contributed by atoms with Crippen LogP contribution in [0.15, 0.2) is 36.5 Å². The highest BCUT2D eigenvalue weighted by Crippen LogP contribution is 2.26. The Morgan fingerprint density at radius 2 is 1.93 bits per heavy atom. The molecule has 0 aliphatic heterocycles. The van der Waals surface area contributed by atoms with E-state index in [0.717, 1.165) is 9.13 Å². The summed E-state index contributed by atoms with van der Waals surface area (Å²) < 4.78 is 2.29. The lowest BCUT2D eigenvalue weighted by Crippen LogP contribution is -2.23. The van der Waals surface area contributed by atoms with E-state index in [2.05, 4.69) is 43.3 Å². The Labute approximate surface area is 180 Å². The van der Waals surface area contributed by atoms with E-state index in [-0.39, 0.29) is 11.6 Å². The number of nitrogens with zero attached hydrogens (tertiary/aromatic N) is 3. The number of aromatic nitrogens is 3. The molecule has 0 fully saturated rings. The summed E-state index contributed by atoms with van der Waals surface area (Å²) in [6.07, 6.45) is 1.58. The number of anilines is 1. The zero-order chi connectivity index (χ0) is 20.4. The van der Waals surface area contributed by atoms with E-state index >= 15 is 0 Å². The lowest BCUT2D eigenvalue weighted by Gasteiger charge is -2.14. The zero-order valence-electron chi connectivity index (χ0n) is 15.4. The van der Waals surface area contributed by atoms with Gasteiger partial charge >= 0.3 is 0 Å². The molecule has 2 amide bonds. The number of carbonyl (C=O) groups excluding carboxylic acids is 2. The largest absolute Gasteiger partial charge is 0.355 e. The molecule has 3 aromatic rings. The van der Waals surface area contributed by atoms with Gasteiger partial charge in [-0.15, -0.1) is 0 Å². The number of hydrogen-bond donors (Lipinski definition) is 2. The fraction of sp³-hybridized carbons (Fsp3) is 0.158. The van der Waals surface area contributed by atoms with E-state index in [0.29, 0.717) is 27.8 Å². The van der Waals surface area contributed by atoms with Gasteiger partial charge in [0, 0.05) is 16.8 Å². The molecule has 144 valence electrons. The van der Waals surface area contributed by atoms with Crippen LogP contribution in [0.1, 0.15) is 32.1 Å². The smallest absolute Gasteiger partial charge is 0.274 e. The molecule has 2 aromatic heterocycles. The van der Waals surface area contributed by atoms with Crippen LogP contribution >= 0.6 is 34.2 Å². The Bertz CT molecular complexity index is 1080. The molecular formula is C19H17ClIN5O2. The average Bonchev–Trinajstić information content (AvgIpc) is 3.05. The summed E-state index contributed by atoms with van der Waals surface area (Å²) in [5.41, 5.74) is 2.51. The molecule has 2 N–H and O–H groups in total. The van der Waals surface area contributed by atoms with Crippen molar-refractivity contribution in [2.24, 2.45) is 0 Å². The number of rotatable bonds is 4. The van der Waals surface area contributed by atoms with Gasteiger partial charge in [-0.2, -0.15) is 5.10 Å². The minimum Gasteiger partial charge on any atom is -0.355 e. The summed E-state index contributed by atoms with van der Waals surface area (Å²) in [4.78, 5) is 29.6. The van der Waals surface area contributed by atoms with E-state index in [4.69, 9.17) is 11.6 Å². The van der Waals surface area contributed by atoms with Crippen molar-refractivity contribution in [2.45, 2.75) is 13.8 Å². The second kappa shape index (κ2) is 8.27. The first-order chi connectivity index (χ1) is 13.3. The van der Waals surface area contributed by atoms with Crippen molar-refractivity contribution in [3.05, 3.63) is 67.6 Å². The van der Waals surface area contributed by atoms with Gasteiger partial charge in [-0.05, 0) is 72.3 Å². The van der Waals surface area contributed by atoms with E-state index in [1.165, 1.54) is 4.68 Å². The van der Waals surface area contributed by atoms with Crippen molar-refractivity contribution in [3.8, 4) is 5.82 Å². The van der Waals surface area contributed by atoms with Gasteiger partial charge in [0.1, 0.15) is 5.69 Å². The Kier molecular flexibility index (Phi) is 5.99. The van der Waals surface area contributed by atoms with Crippen molar-refractivity contribution in [2.75, 3.05) is 12.4 Å². The predicted molar refractivity (Wildman–Crippen MR) is 116 cm³/mol. The van der Waals surface area contributed by atoms with Gasteiger partial charge in [0.25, 0.3) is 11.8 Å². The van der Waals surface area contributed by atoms with Gasteiger partial charge in [-0.3, -0.25) is 9.59 Å². The number of amides is 2. The first-order valence-corrected chi connectivity index (χ1v) is 9.78. The lowest BCUT2D eigenvalue weighted by atomic mass is 10.1. The Morgan fingerprint density at radius 3 is 2.61 bits per heavy atom. The van der Waals surface area contributed by atoms with Crippen LogP contribution in [0.4, 0.5) is 5.69 Å². The highest BCUT2D eigenvalue weighted by atomic mass is 127. The molecule has 7 nitrogen and oxygen atoms in total. The van der Waals surface area contributed by atoms with Crippen molar-refractivity contribution in [3.63, 3.8) is 0 Å². The molecule has 0 spiro atoms. The predicted octanol–water partition coefficient (Wildman–Crippen LogP) is 3.75. The molecule has 0 saturated carbocycles. The van der Waals surface area contributed by atoms with Crippen LogP contribution in [0.2, 0.25) is 5.02 Å². The normalized spacial score (nSPS) is 10.6. The Balaban J connectivity index is 2.05. The number of benzene rings is 1. The number of hydrogen-bond acceptors (Lipinski definition) is 4. The molecule has 0 radical (unpaired) electrons. The van der Waals surface area contributed by atoms with Crippen molar-refractivity contribution >= 4 is 51.7 Å². The van der Waals surface area contributed by atoms with Gasteiger partial charge in [-0.25, -0.2) is 9.67 Å². The van der Waals surface area contributed by atoms with Crippen LogP contribution in [0, 0.1) is 17.4 Å². The zero-order valence-corrected chi connectivity index (χ0v) is 18.3. The topological polar surface area (TPSA) is 88.9 Å². The van der Waals surface area contributed by atoms with Crippen molar-refractivity contribution in [1.82, 2.24) is 20.1 Å². The number of aryl methyl sites for hydroxylation is 2. The summed E-state index contributed by atoms with van der Waals surface area (Å²) in [5, 5.41) is 10.2. The molecule has 2 heterocycles. The highest BCUT2D eigenvalue weighted by molar-refractivity contribution is 14.1. The second-order valence-electron chi connectivity index (χ2n) is 6.07. The van der Waals surface area contributed by atoms with Crippen LogP contribution in [-0.2, 0) is 0 Å². The third-order valence-electron chi connectivity index (χ3n) is 4.01. The van der Waals surface area contributed by atoms with Crippen molar-refractivity contribution in [1.29, 1.82) is 0 Å². The van der Waals surface area contributed by atoms with Crippen LogP contribution in [0.3, 0.4) is 0 Å². The molecule has 0 aliphatic rings. The van der Waals surface area contributed by atoms with Gasteiger partial charge in [-0.1, -0.05) is 11.6 Å². The third-order valence-corrected chi connectivity index (χ3v) is 4.93. The molecule has 0 bridgehead atoms. The lowest BCUT2D eigenvalue weighted by molar-refractivity contribution is 0.0964. The summed E-state index contributed by atoms with van der Waals surface area (Å²) >= 11 is 8.36. The summed E-state index contributed by atoms with van der Waals surface area (Å²) in [5.74, 6) is -0.348. The van der Waals surface area contributed by atoms with Gasteiger partial charge < -0.3 is 10.6 Å². The van der Waals surface area contributed by atoms with E-state index in [9.17, 15) is 9.59 Å². The molecule has 1 aromatic carbocycles. The fourth-order valence-corrected chi connectivity index (χ4v) is 3.74. The maximum atomic E-state index is 13.1. The Hall–Kier alpha value is -2.46. The van der Waals surface area contributed by atoms with Gasteiger partial charge in [0.05, 0.1) is 22.0 Å². The van der Waals surface area contributed by atoms with Gasteiger partial charge in [0.2, 0.25) is 0 Å². The quantitative estimate of drug-likeness (QED) is 0.524. The summed E-state index contributed by atoms with van der Waals surface area (Å²) in [6, 6.07) is 8.63. The minimum atomic E-state index is -0.420. The van der Waals surface area contributed by atoms with E-state index in [1.54, 1.807) is 44.4 Å². The van der Waals surface area contributed by atoms with Crippen LogP contribution in [0.5, 0.6) is 0 Å². The molecule has 28 heavy (non-hydrogen) atoms.